The van der Waals surface area contributed by atoms with Gasteiger partial charge in [-0.05, 0) is 5.56 Å². The van der Waals surface area contributed by atoms with Gasteiger partial charge in [0.15, 0.2) is 0 Å². The van der Waals surface area contributed by atoms with E-state index < -0.39 is 0 Å². The zero-order chi connectivity index (χ0) is 11.7. The van der Waals surface area contributed by atoms with Crippen LogP contribution in [-0.4, -0.2) is 36.8 Å². The SMILES string of the molecule is Cl[C@@H]1CN[C@@H]2[C@H]1OC[C@H]2OCc1ccccc1. The lowest BCUT2D eigenvalue weighted by molar-refractivity contribution is 0.0188. The molecule has 0 spiro atoms. The van der Waals surface area contributed by atoms with Crippen molar-refractivity contribution in [3.63, 3.8) is 0 Å². The largest absolute Gasteiger partial charge is 0.372 e. The predicted octanol–water partition coefficient (Wildman–Crippen LogP) is 1.55. The second-order valence-electron chi connectivity index (χ2n) is 4.58. The molecule has 17 heavy (non-hydrogen) atoms. The molecule has 4 heteroatoms. The van der Waals surface area contributed by atoms with Gasteiger partial charge in [-0.3, -0.25) is 0 Å². The van der Waals surface area contributed by atoms with Crippen molar-refractivity contribution in [3.05, 3.63) is 35.9 Å². The van der Waals surface area contributed by atoms with Gasteiger partial charge in [-0.2, -0.15) is 0 Å². The fraction of sp³-hybridized carbons (Fsp3) is 0.538. The molecule has 0 bridgehead atoms. The van der Waals surface area contributed by atoms with E-state index in [9.17, 15) is 0 Å². The minimum absolute atomic E-state index is 0.0744. The molecular weight excluding hydrogens is 238 g/mol. The molecule has 1 N–H and O–H groups in total. The highest BCUT2D eigenvalue weighted by Gasteiger charge is 2.46. The molecule has 1 aromatic carbocycles. The molecule has 3 rings (SSSR count). The van der Waals surface area contributed by atoms with Crippen molar-refractivity contribution in [1.82, 2.24) is 5.32 Å². The number of ether oxygens (including phenoxy) is 2. The van der Waals surface area contributed by atoms with Gasteiger partial charge in [0.25, 0.3) is 0 Å². The molecule has 2 aliphatic heterocycles. The summed E-state index contributed by atoms with van der Waals surface area (Å²) in [6.07, 6.45) is 0.224. The number of rotatable bonds is 3. The van der Waals surface area contributed by atoms with Gasteiger partial charge in [0.2, 0.25) is 0 Å². The number of nitrogens with one attached hydrogen (secondary N) is 1. The van der Waals surface area contributed by atoms with Gasteiger partial charge in [-0.25, -0.2) is 0 Å². The number of halogens is 1. The lowest BCUT2D eigenvalue weighted by atomic mass is 10.1. The van der Waals surface area contributed by atoms with Crippen molar-refractivity contribution < 1.29 is 9.47 Å². The summed E-state index contributed by atoms with van der Waals surface area (Å²) in [7, 11) is 0. The summed E-state index contributed by atoms with van der Waals surface area (Å²) in [5.74, 6) is 0. The van der Waals surface area contributed by atoms with Crippen LogP contribution in [0.15, 0.2) is 30.3 Å². The zero-order valence-electron chi connectivity index (χ0n) is 9.51. The summed E-state index contributed by atoms with van der Waals surface area (Å²) < 4.78 is 11.6. The van der Waals surface area contributed by atoms with Crippen molar-refractivity contribution in [3.8, 4) is 0 Å². The summed E-state index contributed by atoms with van der Waals surface area (Å²) in [6.45, 7) is 2.08. The Bertz CT molecular complexity index is 373. The molecule has 2 aliphatic rings. The number of fused-ring (bicyclic) bond motifs is 1. The summed E-state index contributed by atoms with van der Waals surface area (Å²) in [6, 6.07) is 10.4. The topological polar surface area (TPSA) is 30.5 Å². The van der Waals surface area contributed by atoms with E-state index in [2.05, 4.69) is 17.4 Å². The number of hydrogen-bond donors (Lipinski definition) is 1. The predicted molar refractivity (Wildman–Crippen MR) is 66.2 cm³/mol. The van der Waals surface area contributed by atoms with Gasteiger partial charge in [-0.15, -0.1) is 11.6 Å². The second kappa shape index (κ2) is 4.94. The summed E-state index contributed by atoms with van der Waals surface area (Å²) >= 11 is 6.15. The van der Waals surface area contributed by atoms with E-state index in [1.54, 1.807) is 0 Å². The molecule has 0 aliphatic carbocycles. The van der Waals surface area contributed by atoms with E-state index in [1.807, 2.05) is 18.2 Å². The van der Waals surface area contributed by atoms with Crippen LogP contribution in [0.4, 0.5) is 0 Å². The minimum Gasteiger partial charge on any atom is -0.372 e. The first kappa shape index (κ1) is 11.5. The first-order valence-corrected chi connectivity index (χ1v) is 6.43. The highest BCUT2D eigenvalue weighted by atomic mass is 35.5. The third-order valence-electron chi connectivity index (χ3n) is 3.42. The number of benzene rings is 1. The molecule has 0 aromatic heterocycles. The van der Waals surface area contributed by atoms with Crippen molar-refractivity contribution in [2.75, 3.05) is 13.2 Å². The standard InChI is InChI=1S/C13H16ClNO2/c14-10-6-15-12-11(8-17-13(10)12)16-7-9-4-2-1-3-5-9/h1-5,10-13,15H,6-8H2/t10-,11-,12+,13+/m1/s1. The number of hydrogen-bond acceptors (Lipinski definition) is 3. The van der Waals surface area contributed by atoms with E-state index in [4.69, 9.17) is 21.1 Å². The lowest BCUT2D eigenvalue weighted by Crippen LogP contribution is -2.38. The van der Waals surface area contributed by atoms with E-state index in [-0.39, 0.29) is 23.6 Å². The molecule has 2 heterocycles. The maximum Gasteiger partial charge on any atom is 0.0991 e. The molecule has 92 valence electrons. The zero-order valence-corrected chi connectivity index (χ0v) is 10.3. The average molecular weight is 254 g/mol. The fourth-order valence-electron chi connectivity index (χ4n) is 2.50. The fourth-order valence-corrected chi connectivity index (χ4v) is 2.81. The Kier molecular flexibility index (Phi) is 3.34. The van der Waals surface area contributed by atoms with Gasteiger partial charge in [0.1, 0.15) is 0 Å². The van der Waals surface area contributed by atoms with Crippen molar-refractivity contribution in [2.24, 2.45) is 0 Å². The maximum atomic E-state index is 6.15. The molecular formula is C13H16ClNO2. The third kappa shape index (κ3) is 2.33. The molecule has 0 unspecified atom stereocenters. The second-order valence-corrected chi connectivity index (χ2v) is 5.14. The normalized spacial score (nSPS) is 36.1. The molecule has 3 nitrogen and oxygen atoms in total. The Labute approximate surface area is 106 Å². The van der Waals surface area contributed by atoms with Gasteiger partial charge < -0.3 is 14.8 Å². The highest BCUT2D eigenvalue weighted by Crippen LogP contribution is 2.27. The van der Waals surface area contributed by atoms with Crippen LogP contribution in [0.5, 0.6) is 0 Å². The Balaban J connectivity index is 1.57. The Hall–Kier alpha value is -0.610. The van der Waals surface area contributed by atoms with E-state index in [0.717, 1.165) is 6.54 Å². The van der Waals surface area contributed by atoms with Crippen LogP contribution in [0.25, 0.3) is 0 Å². The van der Waals surface area contributed by atoms with Gasteiger partial charge in [0.05, 0.1) is 36.8 Å². The summed E-state index contributed by atoms with van der Waals surface area (Å²) in [4.78, 5) is 0. The monoisotopic (exact) mass is 253 g/mol. The van der Waals surface area contributed by atoms with Gasteiger partial charge in [-0.1, -0.05) is 30.3 Å². The van der Waals surface area contributed by atoms with Crippen molar-refractivity contribution >= 4 is 11.6 Å². The van der Waals surface area contributed by atoms with Gasteiger partial charge in [0, 0.05) is 6.54 Å². The quantitative estimate of drug-likeness (QED) is 0.830. The number of alkyl halides is 1. The van der Waals surface area contributed by atoms with E-state index in [1.165, 1.54) is 5.56 Å². The van der Waals surface area contributed by atoms with E-state index in [0.29, 0.717) is 13.2 Å². The molecule has 1 aromatic rings. The first-order valence-electron chi connectivity index (χ1n) is 5.99. The first-order chi connectivity index (χ1) is 8.34. The van der Waals surface area contributed by atoms with Crippen LogP contribution in [0.3, 0.4) is 0 Å². The smallest absolute Gasteiger partial charge is 0.0991 e. The summed E-state index contributed by atoms with van der Waals surface area (Å²) in [5, 5.41) is 3.45. The van der Waals surface area contributed by atoms with Crippen LogP contribution in [0.1, 0.15) is 5.56 Å². The molecule has 0 saturated carbocycles. The maximum absolute atomic E-state index is 6.15. The average Bonchev–Trinajstić information content (AvgIpc) is 2.92. The molecule has 0 radical (unpaired) electrons. The third-order valence-corrected chi connectivity index (χ3v) is 3.82. The van der Waals surface area contributed by atoms with Gasteiger partial charge >= 0.3 is 0 Å². The highest BCUT2D eigenvalue weighted by molar-refractivity contribution is 6.21. The summed E-state index contributed by atoms with van der Waals surface area (Å²) in [5.41, 5.74) is 1.19. The molecule has 4 atom stereocenters. The van der Waals surface area contributed by atoms with Crippen LogP contribution in [-0.2, 0) is 16.1 Å². The van der Waals surface area contributed by atoms with Crippen LogP contribution >= 0.6 is 11.6 Å². The molecule has 2 saturated heterocycles. The van der Waals surface area contributed by atoms with Crippen LogP contribution in [0.2, 0.25) is 0 Å². The lowest BCUT2D eigenvalue weighted by Gasteiger charge is -2.17. The van der Waals surface area contributed by atoms with Crippen molar-refractivity contribution in [1.29, 1.82) is 0 Å². The molecule has 2 fully saturated rings. The minimum atomic E-state index is 0.0744. The van der Waals surface area contributed by atoms with Crippen LogP contribution in [0, 0.1) is 0 Å². The van der Waals surface area contributed by atoms with Crippen LogP contribution < -0.4 is 5.32 Å². The van der Waals surface area contributed by atoms with Crippen molar-refractivity contribution in [2.45, 2.75) is 30.2 Å². The Morgan fingerprint density at radius 1 is 1.35 bits per heavy atom. The Morgan fingerprint density at radius 3 is 3.00 bits per heavy atom. The van der Waals surface area contributed by atoms with E-state index >= 15 is 0 Å². The molecule has 0 amide bonds. The Morgan fingerprint density at radius 2 is 2.18 bits per heavy atom.